The standard InChI is InChI=1S/C26H29FN4O4/c27-21-6-2-1-5-19(21)23-16-30(26(34)35)13-14-31(23)25(33)20-10-9-18(28-24(32)17-7-8-17)15-22(20)29-11-3-4-12-29/h1-2,5-6,9-10,15,17,23H,3-4,7-8,11-14,16H2,(H,28,32)(H,34,35). The Hall–Kier alpha value is -3.62. The van der Waals surface area contributed by atoms with E-state index in [1.54, 1.807) is 35.2 Å². The fourth-order valence-corrected chi connectivity index (χ4v) is 4.97. The summed E-state index contributed by atoms with van der Waals surface area (Å²) in [5.74, 6) is -0.676. The second-order valence-electron chi connectivity index (χ2n) is 9.45. The van der Waals surface area contributed by atoms with Gasteiger partial charge in [0.05, 0.1) is 17.3 Å². The molecule has 2 saturated heterocycles. The van der Waals surface area contributed by atoms with Crippen LogP contribution in [0.1, 0.15) is 47.6 Å². The Bertz CT molecular complexity index is 1150. The summed E-state index contributed by atoms with van der Waals surface area (Å²) in [5.41, 5.74) is 2.17. The van der Waals surface area contributed by atoms with Crippen molar-refractivity contribution in [2.24, 2.45) is 5.92 Å². The number of nitrogens with zero attached hydrogens (tertiary/aromatic N) is 3. The smallest absolute Gasteiger partial charge is 0.407 e. The van der Waals surface area contributed by atoms with Crippen molar-refractivity contribution < 1.29 is 23.9 Å². The number of halogens is 1. The molecule has 0 aromatic heterocycles. The largest absolute Gasteiger partial charge is 0.465 e. The number of carbonyl (C=O) groups excluding carboxylic acids is 2. The summed E-state index contributed by atoms with van der Waals surface area (Å²) in [5, 5.41) is 12.5. The molecule has 2 aromatic carbocycles. The molecule has 3 fully saturated rings. The quantitative estimate of drug-likeness (QED) is 0.676. The van der Waals surface area contributed by atoms with Crippen LogP contribution >= 0.6 is 0 Å². The first-order valence-electron chi connectivity index (χ1n) is 12.2. The SMILES string of the molecule is O=C(Nc1ccc(C(=O)N2CCN(C(=O)O)CC2c2ccccc2F)c(N2CCCC2)c1)C1CC1. The van der Waals surface area contributed by atoms with E-state index in [1.165, 1.54) is 11.0 Å². The third-order valence-corrected chi connectivity index (χ3v) is 7.07. The van der Waals surface area contributed by atoms with Gasteiger partial charge in [0.25, 0.3) is 5.91 Å². The van der Waals surface area contributed by atoms with Gasteiger partial charge in [0, 0.05) is 49.9 Å². The molecule has 1 aliphatic carbocycles. The summed E-state index contributed by atoms with van der Waals surface area (Å²) in [6, 6.07) is 10.8. The van der Waals surface area contributed by atoms with Gasteiger partial charge in [-0.1, -0.05) is 18.2 Å². The molecule has 3 amide bonds. The summed E-state index contributed by atoms with van der Waals surface area (Å²) < 4.78 is 14.8. The van der Waals surface area contributed by atoms with Crippen LogP contribution in [0.3, 0.4) is 0 Å². The molecule has 0 bridgehead atoms. The third-order valence-electron chi connectivity index (χ3n) is 7.07. The van der Waals surface area contributed by atoms with E-state index in [9.17, 15) is 23.9 Å². The molecular weight excluding hydrogens is 451 g/mol. The molecule has 0 radical (unpaired) electrons. The monoisotopic (exact) mass is 480 g/mol. The molecule has 3 aliphatic rings. The first-order valence-corrected chi connectivity index (χ1v) is 12.2. The Morgan fingerprint density at radius 1 is 0.971 bits per heavy atom. The molecule has 1 unspecified atom stereocenters. The molecule has 9 heteroatoms. The van der Waals surface area contributed by atoms with Gasteiger partial charge in [-0.25, -0.2) is 9.18 Å². The summed E-state index contributed by atoms with van der Waals surface area (Å²) in [6.07, 6.45) is 2.75. The zero-order valence-electron chi connectivity index (χ0n) is 19.5. The highest BCUT2D eigenvalue weighted by Gasteiger charge is 2.37. The number of hydrogen-bond acceptors (Lipinski definition) is 4. The van der Waals surface area contributed by atoms with Crippen molar-refractivity contribution in [3.05, 3.63) is 59.4 Å². The van der Waals surface area contributed by atoms with Gasteiger partial charge in [-0.15, -0.1) is 0 Å². The van der Waals surface area contributed by atoms with Crippen LogP contribution in [0.4, 0.5) is 20.6 Å². The predicted octanol–water partition coefficient (Wildman–Crippen LogP) is 3.95. The van der Waals surface area contributed by atoms with E-state index < -0.39 is 18.0 Å². The Morgan fingerprint density at radius 2 is 1.71 bits per heavy atom. The first kappa shape index (κ1) is 23.1. The molecule has 0 spiro atoms. The Balaban J connectivity index is 1.48. The molecule has 2 aliphatic heterocycles. The van der Waals surface area contributed by atoms with Crippen LogP contribution in [-0.4, -0.2) is 65.5 Å². The molecule has 2 N–H and O–H groups in total. The zero-order chi connectivity index (χ0) is 24.5. The van der Waals surface area contributed by atoms with E-state index in [-0.39, 0.29) is 37.4 Å². The normalized spacial score (nSPS) is 20.1. The van der Waals surface area contributed by atoms with Crippen molar-refractivity contribution >= 4 is 29.3 Å². The van der Waals surface area contributed by atoms with Crippen molar-refractivity contribution in [1.82, 2.24) is 9.80 Å². The van der Waals surface area contributed by atoms with E-state index in [0.717, 1.165) is 44.5 Å². The van der Waals surface area contributed by atoms with Gasteiger partial charge in [-0.2, -0.15) is 0 Å². The lowest BCUT2D eigenvalue weighted by molar-refractivity contribution is -0.117. The molecule has 1 saturated carbocycles. The van der Waals surface area contributed by atoms with E-state index in [2.05, 4.69) is 10.2 Å². The predicted molar refractivity (Wildman–Crippen MR) is 129 cm³/mol. The van der Waals surface area contributed by atoms with Gasteiger partial charge in [-0.3, -0.25) is 9.59 Å². The van der Waals surface area contributed by atoms with Gasteiger partial charge in [0.15, 0.2) is 0 Å². The topological polar surface area (TPSA) is 93.2 Å². The van der Waals surface area contributed by atoms with Crippen LogP contribution < -0.4 is 10.2 Å². The van der Waals surface area contributed by atoms with Gasteiger partial charge in [0.1, 0.15) is 5.82 Å². The van der Waals surface area contributed by atoms with Crippen LogP contribution in [0.5, 0.6) is 0 Å². The van der Waals surface area contributed by atoms with Crippen molar-refractivity contribution in [3.8, 4) is 0 Å². The highest BCUT2D eigenvalue weighted by atomic mass is 19.1. The number of amides is 3. The number of piperazine rings is 1. The third kappa shape index (κ3) is 4.80. The Kier molecular flexibility index (Phi) is 6.32. The average molecular weight is 481 g/mol. The molecule has 5 rings (SSSR count). The van der Waals surface area contributed by atoms with E-state index >= 15 is 0 Å². The minimum Gasteiger partial charge on any atom is -0.465 e. The summed E-state index contributed by atoms with van der Waals surface area (Å²) in [6.45, 7) is 1.93. The minimum atomic E-state index is -1.09. The molecule has 35 heavy (non-hydrogen) atoms. The van der Waals surface area contributed by atoms with Gasteiger partial charge < -0.3 is 25.1 Å². The molecule has 1 atom stereocenters. The van der Waals surface area contributed by atoms with Crippen LogP contribution in [0.15, 0.2) is 42.5 Å². The number of benzene rings is 2. The summed E-state index contributed by atoms with van der Waals surface area (Å²) in [7, 11) is 0. The van der Waals surface area contributed by atoms with E-state index in [0.29, 0.717) is 16.8 Å². The van der Waals surface area contributed by atoms with Crippen LogP contribution in [0, 0.1) is 11.7 Å². The maximum absolute atomic E-state index is 14.8. The van der Waals surface area contributed by atoms with Crippen LogP contribution in [0.2, 0.25) is 0 Å². The molecule has 184 valence electrons. The highest BCUT2D eigenvalue weighted by Crippen LogP contribution is 2.35. The Labute approximate surface area is 203 Å². The first-order chi connectivity index (χ1) is 16.9. The van der Waals surface area contributed by atoms with Crippen molar-refractivity contribution in [1.29, 1.82) is 0 Å². The molecular formula is C26H29FN4O4. The number of rotatable bonds is 5. The second-order valence-corrected chi connectivity index (χ2v) is 9.45. The van der Waals surface area contributed by atoms with Gasteiger partial charge in [-0.05, 0) is 49.9 Å². The molecule has 8 nitrogen and oxygen atoms in total. The second kappa shape index (κ2) is 9.56. The lowest BCUT2D eigenvalue weighted by Gasteiger charge is -2.41. The zero-order valence-corrected chi connectivity index (χ0v) is 19.5. The fraction of sp³-hybridized carbons (Fsp3) is 0.423. The minimum absolute atomic E-state index is 0.000794. The summed E-state index contributed by atoms with van der Waals surface area (Å²) >= 11 is 0. The van der Waals surface area contributed by atoms with E-state index in [1.807, 2.05) is 6.07 Å². The number of hydrogen-bond donors (Lipinski definition) is 2. The maximum atomic E-state index is 14.8. The van der Waals surface area contributed by atoms with E-state index in [4.69, 9.17) is 0 Å². The lowest BCUT2D eigenvalue weighted by atomic mass is 9.99. The average Bonchev–Trinajstić information content (AvgIpc) is 3.58. The van der Waals surface area contributed by atoms with Gasteiger partial charge in [0.2, 0.25) is 5.91 Å². The molecule has 2 heterocycles. The number of carbonyl (C=O) groups is 3. The summed E-state index contributed by atoms with van der Waals surface area (Å²) in [4.78, 5) is 42.8. The number of carboxylic acid groups (broad SMARTS) is 1. The highest BCUT2D eigenvalue weighted by molar-refractivity contribution is 6.02. The van der Waals surface area contributed by atoms with Crippen LogP contribution in [-0.2, 0) is 4.79 Å². The van der Waals surface area contributed by atoms with Crippen molar-refractivity contribution in [2.75, 3.05) is 42.9 Å². The number of anilines is 2. The molecule has 2 aromatic rings. The van der Waals surface area contributed by atoms with Crippen molar-refractivity contribution in [2.45, 2.75) is 31.7 Å². The lowest BCUT2D eigenvalue weighted by Crippen LogP contribution is -2.52. The fourth-order valence-electron chi connectivity index (χ4n) is 4.97. The maximum Gasteiger partial charge on any atom is 0.407 e. The van der Waals surface area contributed by atoms with Crippen LogP contribution in [0.25, 0.3) is 0 Å². The van der Waals surface area contributed by atoms with Gasteiger partial charge >= 0.3 is 6.09 Å². The number of nitrogens with one attached hydrogen (secondary N) is 1. The van der Waals surface area contributed by atoms with Crippen molar-refractivity contribution in [3.63, 3.8) is 0 Å². The Morgan fingerprint density at radius 3 is 2.40 bits per heavy atom.